The van der Waals surface area contributed by atoms with Gasteiger partial charge in [-0.05, 0) is 37.1 Å². The highest BCUT2D eigenvalue weighted by molar-refractivity contribution is 6.47. The number of Topliss-reactive ketones (excluding diaryl/α,β-unsaturated/α-hetero) is 1. The van der Waals surface area contributed by atoms with E-state index in [1.807, 2.05) is 55.5 Å². The standard InChI is InChI=1S/C28H27N3O5/c1-6-23(16-15-19(3)31(34)35)30-25-14-10-9-13-24(25)27(28(33)20(4)29-36-21(5)32)26(30)17-22-12-8-7-11-18(22)2/h1,7-14,16,19H,15,17H2,2-5H3/b23-16+,29-20+. The second-order valence-corrected chi connectivity index (χ2v) is 8.47. The summed E-state index contributed by atoms with van der Waals surface area (Å²) in [4.78, 5) is 40.4. The van der Waals surface area contributed by atoms with Gasteiger partial charge in [0.15, 0.2) is 0 Å². The molecule has 2 aromatic carbocycles. The van der Waals surface area contributed by atoms with E-state index in [2.05, 4.69) is 11.1 Å². The number of nitrogens with zero attached hydrogens (tertiary/aromatic N) is 3. The lowest BCUT2D eigenvalue weighted by atomic mass is 9.97. The highest BCUT2D eigenvalue weighted by Gasteiger charge is 2.26. The van der Waals surface area contributed by atoms with Crippen LogP contribution in [0.3, 0.4) is 0 Å². The van der Waals surface area contributed by atoms with E-state index in [0.717, 1.165) is 11.1 Å². The van der Waals surface area contributed by atoms with Crippen LogP contribution in [0.25, 0.3) is 16.6 Å². The van der Waals surface area contributed by atoms with Gasteiger partial charge in [0.2, 0.25) is 11.8 Å². The van der Waals surface area contributed by atoms with Gasteiger partial charge in [-0.25, -0.2) is 4.79 Å². The Kier molecular flexibility index (Phi) is 8.18. The van der Waals surface area contributed by atoms with Crippen molar-refractivity contribution >= 4 is 34.1 Å². The van der Waals surface area contributed by atoms with Crippen LogP contribution in [0.4, 0.5) is 0 Å². The number of oxime groups is 1. The fraction of sp³-hybridized carbons (Fsp3) is 0.250. The molecule has 0 aliphatic carbocycles. The Balaban J connectivity index is 2.32. The topological polar surface area (TPSA) is 104 Å². The second kappa shape index (κ2) is 11.3. The molecule has 0 saturated carbocycles. The number of carbonyl (C=O) groups excluding carboxylic acids is 2. The number of aromatic nitrogens is 1. The number of ketones is 1. The molecule has 0 aliphatic rings. The summed E-state index contributed by atoms with van der Waals surface area (Å²) in [5.74, 6) is 1.61. The van der Waals surface area contributed by atoms with E-state index in [1.54, 1.807) is 10.6 Å². The van der Waals surface area contributed by atoms with Crippen molar-refractivity contribution in [3.05, 3.63) is 87.1 Å². The van der Waals surface area contributed by atoms with Crippen LogP contribution in [0.1, 0.15) is 54.4 Å². The molecule has 1 atom stereocenters. The largest absolute Gasteiger partial charge is 0.331 e. The number of allylic oxidation sites excluding steroid dienone is 1. The summed E-state index contributed by atoms with van der Waals surface area (Å²) in [5.41, 5.74) is 4.11. The number of para-hydroxylation sites is 1. The van der Waals surface area contributed by atoms with Crippen molar-refractivity contribution < 1.29 is 19.3 Å². The molecule has 3 aromatic rings. The van der Waals surface area contributed by atoms with Crippen LogP contribution in [0, 0.1) is 29.4 Å². The number of aryl methyl sites for hydroxylation is 1. The van der Waals surface area contributed by atoms with Crippen LogP contribution in [-0.4, -0.2) is 33.0 Å². The molecule has 0 bridgehead atoms. The van der Waals surface area contributed by atoms with Crippen molar-refractivity contribution in [3.8, 4) is 12.3 Å². The zero-order valence-electron chi connectivity index (χ0n) is 20.6. The van der Waals surface area contributed by atoms with Gasteiger partial charge < -0.3 is 9.40 Å². The zero-order chi connectivity index (χ0) is 26.4. The van der Waals surface area contributed by atoms with E-state index in [1.165, 1.54) is 20.8 Å². The first-order valence-corrected chi connectivity index (χ1v) is 11.4. The lowest BCUT2D eigenvalue weighted by Crippen LogP contribution is -2.16. The first-order valence-electron chi connectivity index (χ1n) is 11.4. The Labute approximate surface area is 209 Å². The minimum Gasteiger partial charge on any atom is -0.318 e. The summed E-state index contributed by atoms with van der Waals surface area (Å²) in [7, 11) is 0. The van der Waals surface area contributed by atoms with Gasteiger partial charge in [0.1, 0.15) is 5.71 Å². The maximum Gasteiger partial charge on any atom is 0.331 e. The molecule has 1 aromatic heterocycles. The molecule has 8 nitrogen and oxygen atoms in total. The molecule has 0 amide bonds. The average molecular weight is 486 g/mol. The molecule has 0 spiro atoms. The van der Waals surface area contributed by atoms with Crippen molar-refractivity contribution in [1.82, 2.24) is 4.57 Å². The first kappa shape index (κ1) is 26.1. The van der Waals surface area contributed by atoms with Gasteiger partial charge in [-0.3, -0.25) is 14.9 Å². The summed E-state index contributed by atoms with van der Waals surface area (Å²) in [5, 5.41) is 15.5. The van der Waals surface area contributed by atoms with E-state index < -0.39 is 17.8 Å². The van der Waals surface area contributed by atoms with Gasteiger partial charge in [0, 0.05) is 42.7 Å². The third-order valence-electron chi connectivity index (χ3n) is 5.86. The Morgan fingerprint density at radius 2 is 1.86 bits per heavy atom. The maximum absolute atomic E-state index is 13.7. The molecular weight excluding hydrogens is 458 g/mol. The zero-order valence-corrected chi connectivity index (χ0v) is 20.6. The van der Waals surface area contributed by atoms with E-state index in [-0.39, 0.29) is 17.1 Å². The third-order valence-corrected chi connectivity index (χ3v) is 5.86. The van der Waals surface area contributed by atoms with E-state index in [4.69, 9.17) is 11.3 Å². The molecule has 36 heavy (non-hydrogen) atoms. The molecule has 0 saturated heterocycles. The Hall–Kier alpha value is -4.51. The number of rotatable bonds is 9. The van der Waals surface area contributed by atoms with Crippen molar-refractivity contribution in [2.24, 2.45) is 5.16 Å². The lowest BCUT2D eigenvalue weighted by Gasteiger charge is -2.14. The van der Waals surface area contributed by atoms with Crippen LogP contribution in [-0.2, 0) is 16.1 Å². The number of fused-ring (bicyclic) bond motifs is 1. The molecule has 1 heterocycles. The number of nitro groups is 1. The van der Waals surface area contributed by atoms with Gasteiger partial charge >= 0.3 is 5.97 Å². The monoisotopic (exact) mass is 485 g/mol. The molecule has 1 unspecified atom stereocenters. The number of hydrogen-bond acceptors (Lipinski definition) is 6. The highest BCUT2D eigenvalue weighted by atomic mass is 16.7. The van der Waals surface area contributed by atoms with E-state index in [0.29, 0.717) is 34.3 Å². The Morgan fingerprint density at radius 3 is 2.50 bits per heavy atom. The predicted molar refractivity (Wildman–Crippen MR) is 139 cm³/mol. The van der Waals surface area contributed by atoms with Crippen molar-refractivity contribution in [2.45, 2.75) is 46.6 Å². The SMILES string of the molecule is C#C/C(=C\CC(C)[N+](=O)[O-])n1c(Cc2ccccc2C)c(C(=O)/C(C)=N/OC(C)=O)c2ccccc21. The fourth-order valence-corrected chi connectivity index (χ4v) is 3.92. The number of hydrogen-bond donors (Lipinski definition) is 0. The number of benzene rings is 2. The van der Waals surface area contributed by atoms with E-state index in [9.17, 15) is 19.7 Å². The lowest BCUT2D eigenvalue weighted by molar-refractivity contribution is -0.517. The summed E-state index contributed by atoms with van der Waals surface area (Å²) in [6.07, 6.45) is 8.04. The molecule has 0 aliphatic heterocycles. The fourth-order valence-electron chi connectivity index (χ4n) is 3.92. The average Bonchev–Trinajstić information content (AvgIpc) is 3.17. The number of terminal acetylenes is 1. The first-order chi connectivity index (χ1) is 17.1. The minimum atomic E-state index is -0.825. The minimum absolute atomic E-state index is 0.00680. The van der Waals surface area contributed by atoms with Gasteiger partial charge in [-0.1, -0.05) is 53.5 Å². The predicted octanol–water partition coefficient (Wildman–Crippen LogP) is 5.19. The normalized spacial score (nSPS) is 12.8. The van der Waals surface area contributed by atoms with Crippen LogP contribution < -0.4 is 0 Å². The van der Waals surface area contributed by atoms with Crippen LogP contribution in [0.15, 0.2) is 59.8 Å². The van der Waals surface area contributed by atoms with Gasteiger partial charge in [-0.15, -0.1) is 6.42 Å². The Morgan fingerprint density at radius 1 is 1.19 bits per heavy atom. The van der Waals surface area contributed by atoms with Crippen LogP contribution in [0.2, 0.25) is 0 Å². The molecule has 0 N–H and O–H groups in total. The van der Waals surface area contributed by atoms with Gasteiger partial charge in [0.25, 0.3) is 0 Å². The molecule has 184 valence electrons. The van der Waals surface area contributed by atoms with Crippen molar-refractivity contribution in [1.29, 1.82) is 0 Å². The Bertz CT molecular complexity index is 1440. The summed E-state index contributed by atoms with van der Waals surface area (Å²) in [6, 6.07) is 14.3. The summed E-state index contributed by atoms with van der Waals surface area (Å²) >= 11 is 0. The van der Waals surface area contributed by atoms with Gasteiger partial charge in [-0.2, -0.15) is 0 Å². The number of carbonyl (C=O) groups is 2. The van der Waals surface area contributed by atoms with Crippen LogP contribution >= 0.6 is 0 Å². The van der Waals surface area contributed by atoms with Gasteiger partial charge in [0.05, 0.1) is 16.8 Å². The maximum atomic E-state index is 13.7. The third kappa shape index (κ3) is 5.58. The molecule has 0 fully saturated rings. The molecular formula is C28H27N3O5. The molecule has 8 heteroatoms. The second-order valence-electron chi connectivity index (χ2n) is 8.47. The summed E-state index contributed by atoms with van der Waals surface area (Å²) < 4.78 is 1.81. The van der Waals surface area contributed by atoms with Crippen LogP contribution in [0.5, 0.6) is 0 Å². The highest BCUT2D eigenvalue weighted by Crippen LogP contribution is 2.32. The van der Waals surface area contributed by atoms with Crippen molar-refractivity contribution in [3.63, 3.8) is 0 Å². The van der Waals surface area contributed by atoms with E-state index >= 15 is 0 Å². The summed E-state index contributed by atoms with van der Waals surface area (Å²) in [6.45, 7) is 6.17. The molecule has 3 rings (SSSR count). The molecule has 0 radical (unpaired) electrons. The van der Waals surface area contributed by atoms with Crippen molar-refractivity contribution in [2.75, 3.05) is 0 Å². The smallest absolute Gasteiger partial charge is 0.318 e. The quantitative estimate of drug-likeness (QED) is 0.104.